The van der Waals surface area contributed by atoms with Gasteiger partial charge in [0.15, 0.2) is 5.82 Å². The second kappa shape index (κ2) is 13.9. The standard InChI is InChI=1S/C57H40N2/c1-57(2)52-30-14-13-26-48(52)51-29-16-27-45(55(51)57)42-34-40(37-17-5-3-6-18-37)33-41(35-42)44-31-32-50(47-25-12-11-24-46(44)47)54-36-53(58-56(59-54)39-20-7-4-8-21-39)49-28-15-22-38-19-9-10-23-43(38)49/h3-36H,1-2H3. The number of rotatable bonds is 6. The summed E-state index contributed by atoms with van der Waals surface area (Å²) in [6.45, 7) is 4.74. The Kier molecular flexibility index (Phi) is 8.20. The van der Waals surface area contributed by atoms with Gasteiger partial charge in [-0.2, -0.15) is 0 Å². The molecule has 1 aromatic heterocycles. The summed E-state index contributed by atoms with van der Waals surface area (Å²) in [6, 6.07) is 74.5. The largest absolute Gasteiger partial charge is 0.228 e. The molecule has 0 saturated heterocycles. The van der Waals surface area contributed by atoms with Crippen LogP contribution in [0.5, 0.6) is 0 Å². The Hall–Kier alpha value is -7.42. The molecule has 0 amide bonds. The average Bonchev–Trinajstić information content (AvgIpc) is 3.54. The van der Waals surface area contributed by atoms with Gasteiger partial charge in [-0.3, -0.25) is 0 Å². The Bertz CT molecular complexity index is 3230. The van der Waals surface area contributed by atoms with E-state index in [9.17, 15) is 0 Å². The summed E-state index contributed by atoms with van der Waals surface area (Å²) in [5.74, 6) is 0.708. The van der Waals surface area contributed by atoms with Gasteiger partial charge in [0.1, 0.15) is 0 Å². The van der Waals surface area contributed by atoms with E-state index in [1.165, 1.54) is 71.8 Å². The fourth-order valence-corrected chi connectivity index (χ4v) is 9.49. The molecule has 0 unspecified atom stereocenters. The van der Waals surface area contributed by atoms with Crippen molar-refractivity contribution in [2.45, 2.75) is 19.3 Å². The van der Waals surface area contributed by atoms with Crippen LogP contribution in [0.25, 0.3) is 100.0 Å². The minimum atomic E-state index is -0.138. The summed E-state index contributed by atoms with van der Waals surface area (Å²) in [4.78, 5) is 10.5. The SMILES string of the molecule is CC1(C)c2ccccc2-c2cccc(-c3cc(-c4ccccc4)cc(-c4ccc(-c5cc(-c6cccc7ccccc67)nc(-c6ccccc6)n5)c5ccccc45)c3)c21. The Morgan fingerprint density at radius 3 is 1.58 bits per heavy atom. The van der Waals surface area contributed by atoms with Crippen LogP contribution in [0.15, 0.2) is 206 Å². The Labute approximate surface area is 345 Å². The molecule has 0 fully saturated rings. The number of aromatic nitrogens is 2. The molecule has 0 spiro atoms. The summed E-state index contributed by atoms with van der Waals surface area (Å²) in [5, 5.41) is 4.69. The van der Waals surface area contributed by atoms with Crippen LogP contribution in [0, 0.1) is 0 Å². The van der Waals surface area contributed by atoms with Crippen LogP contribution >= 0.6 is 0 Å². The van der Waals surface area contributed by atoms with Crippen LogP contribution in [-0.4, -0.2) is 9.97 Å². The predicted octanol–water partition coefficient (Wildman–Crippen LogP) is 15.1. The highest BCUT2D eigenvalue weighted by atomic mass is 14.9. The first kappa shape index (κ1) is 34.8. The van der Waals surface area contributed by atoms with Crippen molar-refractivity contribution in [2.24, 2.45) is 0 Å². The van der Waals surface area contributed by atoms with E-state index in [4.69, 9.17) is 9.97 Å². The third kappa shape index (κ3) is 5.87. The molecule has 59 heavy (non-hydrogen) atoms. The maximum atomic E-state index is 5.29. The Morgan fingerprint density at radius 1 is 0.322 bits per heavy atom. The van der Waals surface area contributed by atoms with E-state index in [-0.39, 0.29) is 5.41 Å². The minimum Gasteiger partial charge on any atom is -0.228 e. The number of fused-ring (bicyclic) bond motifs is 5. The van der Waals surface area contributed by atoms with Gasteiger partial charge >= 0.3 is 0 Å². The number of hydrogen-bond acceptors (Lipinski definition) is 2. The lowest BCUT2D eigenvalue weighted by atomic mass is 9.78. The van der Waals surface area contributed by atoms with Gasteiger partial charge in [0.25, 0.3) is 0 Å². The molecule has 10 aromatic rings. The fraction of sp³-hybridized carbons (Fsp3) is 0.0526. The van der Waals surface area contributed by atoms with Gasteiger partial charge in [0.2, 0.25) is 0 Å². The van der Waals surface area contributed by atoms with Gasteiger partial charge in [-0.05, 0) is 101 Å². The highest BCUT2D eigenvalue weighted by molar-refractivity contribution is 6.06. The highest BCUT2D eigenvalue weighted by Gasteiger charge is 2.37. The van der Waals surface area contributed by atoms with Crippen LogP contribution in [0.1, 0.15) is 25.0 Å². The van der Waals surface area contributed by atoms with Crippen molar-refractivity contribution in [1.82, 2.24) is 9.97 Å². The topological polar surface area (TPSA) is 25.8 Å². The molecular weight excluding hydrogens is 713 g/mol. The van der Waals surface area contributed by atoms with Gasteiger partial charge in [-0.25, -0.2) is 9.97 Å². The Morgan fingerprint density at radius 2 is 0.814 bits per heavy atom. The van der Waals surface area contributed by atoms with E-state index in [0.29, 0.717) is 5.82 Å². The van der Waals surface area contributed by atoms with E-state index in [1.807, 2.05) is 6.07 Å². The maximum absolute atomic E-state index is 5.29. The lowest BCUT2D eigenvalue weighted by Gasteiger charge is -2.25. The summed E-state index contributed by atoms with van der Waals surface area (Å²) in [5.41, 5.74) is 17.5. The van der Waals surface area contributed by atoms with Crippen molar-refractivity contribution in [1.29, 1.82) is 0 Å². The molecule has 1 aliphatic rings. The first-order chi connectivity index (χ1) is 29.0. The zero-order valence-electron chi connectivity index (χ0n) is 33.0. The third-order valence-electron chi connectivity index (χ3n) is 12.3. The molecule has 1 aliphatic carbocycles. The smallest absolute Gasteiger partial charge is 0.160 e. The van der Waals surface area contributed by atoms with Crippen LogP contribution < -0.4 is 0 Å². The number of benzene rings is 9. The van der Waals surface area contributed by atoms with Crippen LogP contribution in [0.4, 0.5) is 0 Å². The van der Waals surface area contributed by atoms with E-state index in [0.717, 1.165) is 33.5 Å². The van der Waals surface area contributed by atoms with Crippen LogP contribution in [-0.2, 0) is 5.41 Å². The van der Waals surface area contributed by atoms with Gasteiger partial charge in [-0.15, -0.1) is 0 Å². The van der Waals surface area contributed by atoms with Crippen molar-refractivity contribution in [3.8, 4) is 78.4 Å². The normalized spacial score (nSPS) is 12.7. The van der Waals surface area contributed by atoms with Gasteiger partial charge in [0.05, 0.1) is 11.4 Å². The van der Waals surface area contributed by atoms with E-state index in [1.54, 1.807) is 0 Å². The molecule has 11 rings (SSSR count). The quantitative estimate of drug-likeness (QED) is 0.169. The predicted molar refractivity (Wildman–Crippen MR) is 247 cm³/mol. The molecule has 0 atom stereocenters. The number of hydrogen-bond donors (Lipinski definition) is 0. The highest BCUT2D eigenvalue weighted by Crippen LogP contribution is 2.52. The average molecular weight is 753 g/mol. The molecule has 2 heteroatoms. The van der Waals surface area contributed by atoms with Crippen molar-refractivity contribution in [3.05, 3.63) is 217 Å². The lowest BCUT2D eigenvalue weighted by Crippen LogP contribution is -2.16. The van der Waals surface area contributed by atoms with E-state index >= 15 is 0 Å². The van der Waals surface area contributed by atoms with Crippen LogP contribution in [0.2, 0.25) is 0 Å². The Balaban J connectivity index is 1.12. The first-order valence-electron chi connectivity index (χ1n) is 20.4. The van der Waals surface area contributed by atoms with Gasteiger partial charge in [-0.1, -0.05) is 196 Å². The lowest BCUT2D eigenvalue weighted by molar-refractivity contribution is 0.662. The third-order valence-corrected chi connectivity index (χ3v) is 12.3. The zero-order valence-corrected chi connectivity index (χ0v) is 33.0. The molecule has 1 heterocycles. The molecule has 0 N–H and O–H groups in total. The second-order valence-corrected chi connectivity index (χ2v) is 16.1. The molecule has 0 aliphatic heterocycles. The summed E-state index contributed by atoms with van der Waals surface area (Å²) >= 11 is 0. The maximum Gasteiger partial charge on any atom is 0.160 e. The summed E-state index contributed by atoms with van der Waals surface area (Å²) < 4.78 is 0. The molecule has 9 aromatic carbocycles. The zero-order chi connectivity index (χ0) is 39.5. The molecule has 278 valence electrons. The van der Waals surface area contributed by atoms with E-state index < -0.39 is 0 Å². The monoisotopic (exact) mass is 752 g/mol. The second-order valence-electron chi connectivity index (χ2n) is 16.1. The first-order valence-corrected chi connectivity index (χ1v) is 20.4. The van der Waals surface area contributed by atoms with Crippen molar-refractivity contribution in [2.75, 3.05) is 0 Å². The van der Waals surface area contributed by atoms with Gasteiger partial charge in [0, 0.05) is 22.1 Å². The number of nitrogens with zero attached hydrogens (tertiary/aromatic N) is 2. The van der Waals surface area contributed by atoms with Crippen molar-refractivity contribution >= 4 is 21.5 Å². The van der Waals surface area contributed by atoms with Crippen molar-refractivity contribution < 1.29 is 0 Å². The summed E-state index contributed by atoms with van der Waals surface area (Å²) in [6.07, 6.45) is 0. The fourth-order valence-electron chi connectivity index (χ4n) is 9.49. The van der Waals surface area contributed by atoms with Crippen molar-refractivity contribution in [3.63, 3.8) is 0 Å². The van der Waals surface area contributed by atoms with Gasteiger partial charge < -0.3 is 0 Å². The molecular formula is C57H40N2. The molecule has 0 saturated carbocycles. The van der Waals surface area contributed by atoms with E-state index in [2.05, 4.69) is 214 Å². The minimum absolute atomic E-state index is 0.138. The summed E-state index contributed by atoms with van der Waals surface area (Å²) in [7, 11) is 0. The molecule has 0 radical (unpaired) electrons. The van der Waals surface area contributed by atoms with Crippen LogP contribution in [0.3, 0.4) is 0 Å². The molecule has 0 bridgehead atoms. The molecule has 2 nitrogen and oxygen atoms in total.